The number of H-pyrrole nitrogens is 1. The third-order valence-corrected chi connectivity index (χ3v) is 4.21. The summed E-state index contributed by atoms with van der Waals surface area (Å²) in [7, 11) is 2.18. The van der Waals surface area contributed by atoms with Crippen molar-refractivity contribution in [3.63, 3.8) is 0 Å². The van der Waals surface area contributed by atoms with Crippen molar-refractivity contribution in [2.24, 2.45) is 0 Å². The molecule has 2 aliphatic heterocycles. The van der Waals surface area contributed by atoms with E-state index in [1.165, 1.54) is 0 Å². The molecule has 100 valence electrons. The molecule has 2 aliphatic rings. The molecule has 0 spiro atoms. The molecule has 0 aliphatic carbocycles. The average Bonchev–Trinajstić information content (AvgIpc) is 3.05. The van der Waals surface area contributed by atoms with Crippen molar-refractivity contribution in [2.75, 3.05) is 38.2 Å². The molecule has 0 unspecified atom stereocenters. The van der Waals surface area contributed by atoms with Gasteiger partial charge in [-0.1, -0.05) is 0 Å². The normalized spacial score (nSPS) is 27.9. The molecule has 4 rings (SSSR count). The van der Waals surface area contributed by atoms with E-state index in [1.807, 2.05) is 12.3 Å². The lowest BCUT2D eigenvalue weighted by molar-refractivity contribution is -0.0362. The Kier molecular flexibility index (Phi) is 2.46. The minimum atomic E-state index is 0.294. The molecule has 0 radical (unpaired) electrons. The van der Waals surface area contributed by atoms with Crippen molar-refractivity contribution in [3.8, 4) is 0 Å². The average molecular weight is 259 g/mol. The number of ether oxygens (including phenoxy) is 1. The van der Waals surface area contributed by atoms with E-state index in [4.69, 9.17) is 4.74 Å². The molecule has 2 atom stereocenters. The van der Waals surface area contributed by atoms with Gasteiger partial charge >= 0.3 is 0 Å². The molecule has 0 amide bonds. The van der Waals surface area contributed by atoms with Crippen LogP contribution in [0.25, 0.3) is 11.0 Å². The van der Waals surface area contributed by atoms with Gasteiger partial charge in [-0.15, -0.1) is 0 Å². The maximum absolute atomic E-state index is 5.88. The third kappa shape index (κ3) is 1.71. The smallest absolute Gasteiger partial charge is 0.142 e. The fourth-order valence-corrected chi connectivity index (χ4v) is 3.14. The molecule has 2 aromatic rings. The van der Waals surface area contributed by atoms with E-state index in [-0.39, 0.29) is 0 Å². The monoisotopic (exact) mass is 259 g/mol. The number of hydrogen-bond acceptors (Lipinski definition) is 5. The number of rotatable bonds is 1. The molecule has 1 N–H and O–H groups in total. The molecule has 19 heavy (non-hydrogen) atoms. The van der Waals surface area contributed by atoms with Crippen molar-refractivity contribution >= 4 is 16.9 Å². The molecule has 6 heteroatoms. The highest BCUT2D eigenvalue weighted by atomic mass is 16.5. The van der Waals surface area contributed by atoms with Gasteiger partial charge in [0.1, 0.15) is 17.8 Å². The fourth-order valence-electron chi connectivity index (χ4n) is 3.14. The second-order valence-electron chi connectivity index (χ2n) is 5.30. The first kappa shape index (κ1) is 11.2. The van der Waals surface area contributed by atoms with Crippen molar-refractivity contribution in [1.29, 1.82) is 0 Å². The van der Waals surface area contributed by atoms with Crippen LogP contribution in [0.15, 0.2) is 18.6 Å². The minimum Gasteiger partial charge on any atom is -0.373 e. The van der Waals surface area contributed by atoms with Gasteiger partial charge in [0.05, 0.1) is 24.1 Å². The topological polar surface area (TPSA) is 57.3 Å². The first-order valence-electron chi connectivity index (χ1n) is 6.68. The Bertz CT molecular complexity index is 597. The van der Waals surface area contributed by atoms with E-state index < -0.39 is 0 Å². The number of nitrogens with zero attached hydrogens (tertiary/aromatic N) is 4. The van der Waals surface area contributed by atoms with Crippen molar-refractivity contribution in [2.45, 2.75) is 12.1 Å². The first-order chi connectivity index (χ1) is 9.33. The van der Waals surface area contributed by atoms with Gasteiger partial charge in [0.15, 0.2) is 0 Å². The van der Waals surface area contributed by atoms with Gasteiger partial charge < -0.3 is 14.6 Å². The van der Waals surface area contributed by atoms with Gasteiger partial charge in [-0.25, -0.2) is 9.97 Å². The van der Waals surface area contributed by atoms with Crippen LogP contribution in [-0.2, 0) is 4.74 Å². The number of hydrogen-bond donors (Lipinski definition) is 1. The summed E-state index contributed by atoms with van der Waals surface area (Å²) in [4.78, 5) is 16.6. The first-order valence-corrected chi connectivity index (χ1v) is 6.68. The van der Waals surface area contributed by atoms with E-state index in [2.05, 4.69) is 31.8 Å². The SMILES string of the molecule is CN1CCO[C@@H]2CN(c3ncnc4[nH]ccc34)C[C@@H]21. The summed E-state index contributed by atoms with van der Waals surface area (Å²) < 4.78 is 5.88. The number of morpholine rings is 1. The Hall–Kier alpha value is -1.66. The van der Waals surface area contributed by atoms with Crippen LogP contribution in [0.2, 0.25) is 0 Å². The van der Waals surface area contributed by atoms with Crippen LogP contribution in [0.3, 0.4) is 0 Å². The Labute approximate surface area is 111 Å². The highest BCUT2D eigenvalue weighted by Gasteiger charge is 2.39. The van der Waals surface area contributed by atoms with Gasteiger partial charge in [-0.05, 0) is 13.1 Å². The van der Waals surface area contributed by atoms with Gasteiger partial charge in [-0.3, -0.25) is 4.90 Å². The van der Waals surface area contributed by atoms with Gasteiger partial charge in [-0.2, -0.15) is 0 Å². The maximum atomic E-state index is 5.88. The van der Waals surface area contributed by atoms with E-state index in [0.717, 1.165) is 43.1 Å². The van der Waals surface area contributed by atoms with Crippen molar-refractivity contribution in [3.05, 3.63) is 18.6 Å². The molecular formula is C13H17N5O. The zero-order valence-corrected chi connectivity index (χ0v) is 10.9. The summed E-state index contributed by atoms with van der Waals surface area (Å²) >= 11 is 0. The zero-order chi connectivity index (χ0) is 12.8. The largest absolute Gasteiger partial charge is 0.373 e. The van der Waals surface area contributed by atoms with Gasteiger partial charge in [0.2, 0.25) is 0 Å². The second kappa shape index (κ2) is 4.18. The molecule has 2 aromatic heterocycles. The molecule has 0 saturated carbocycles. The third-order valence-electron chi connectivity index (χ3n) is 4.21. The molecular weight excluding hydrogens is 242 g/mol. The number of likely N-dealkylation sites (N-methyl/N-ethyl adjacent to an activating group) is 1. The molecule has 2 fully saturated rings. The van der Waals surface area contributed by atoms with E-state index in [9.17, 15) is 0 Å². The fraction of sp³-hybridized carbons (Fsp3) is 0.538. The zero-order valence-electron chi connectivity index (χ0n) is 10.9. The van der Waals surface area contributed by atoms with Crippen LogP contribution < -0.4 is 4.90 Å². The lowest BCUT2D eigenvalue weighted by Gasteiger charge is -2.33. The lowest BCUT2D eigenvalue weighted by Crippen LogP contribution is -2.48. The Morgan fingerprint density at radius 1 is 1.37 bits per heavy atom. The maximum Gasteiger partial charge on any atom is 0.142 e. The molecule has 4 heterocycles. The summed E-state index contributed by atoms with van der Waals surface area (Å²) in [5.41, 5.74) is 0.897. The predicted octanol–water partition coefficient (Wildman–Crippen LogP) is 0.477. The van der Waals surface area contributed by atoms with Crippen LogP contribution in [-0.4, -0.2) is 65.3 Å². The summed E-state index contributed by atoms with van der Waals surface area (Å²) in [6.07, 6.45) is 3.83. The molecule has 0 aromatic carbocycles. The van der Waals surface area contributed by atoms with Crippen LogP contribution in [0.1, 0.15) is 0 Å². The number of aromatic amines is 1. The predicted molar refractivity (Wildman–Crippen MR) is 72.3 cm³/mol. The highest BCUT2D eigenvalue weighted by Crippen LogP contribution is 2.29. The minimum absolute atomic E-state index is 0.294. The Balaban J connectivity index is 1.68. The quantitative estimate of drug-likeness (QED) is 0.807. The number of anilines is 1. The standard InChI is InChI=1S/C13H17N5O/c1-17-4-5-19-11-7-18(6-10(11)17)13-9-2-3-14-12(9)15-8-16-13/h2-3,8,10-11H,4-7H2,1H3,(H,14,15,16)/t10-,11+/m0/s1. The van der Waals surface area contributed by atoms with Crippen LogP contribution in [0.5, 0.6) is 0 Å². The summed E-state index contributed by atoms with van der Waals surface area (Å²) in [6.45, 7) is 3.72. The number of aromatic nitrogens is 3. The van der Waals surface area contributed by atoms with Gasteiger partial charge in [0.25, 0.3) is 0 Å². The van der Waals surface area contributed by atoms with Crippen LogP contribution in [0, 0.1) is 0 Å². The number of nitrogens with one attached hydrogen (secondary N) is 1. The number of fused-ring (bicyclic) bond motifs is 2. The molecule has 6 nitrogen and oxygen atoms in total. The Morgan fingerprint density at radius 3 is 3.21 bits per heavy atom. The van der Waals surface area contributed by atoms with E-state index in [1.54, 1.807) is 6.33 Å². The lowest BCUT2D eigenvalue weighted by atomic mass is 10.1. The van der Waals surface area contributed by atoms with Crippen LogP contribution in [0.4, 0.5) is 5.82 Å². The highest BCUT2D eigenvalue weighted by molar-refractivity contribution is 5.87. The van der Waals surface area contributed by atoms with E-state index >= 15 is 0 Å². The van der Waals surface area contributed by atoms with Crippen molar-refractivity contribution in [1.82, 2.24) is 19.9 Å². The molecule has 0 bridgehead atoms. The molecule has 2 saturated heterocycles. The summed E-state index contributed by atoms with van der Waals surface area (Å²) in [6, 6.07) is 2.51. The van der Waals surface area contributed by atoms with Crippen molar-refractivity contribution < 1.29 is 4.74 Å². The van der Waals surface area contributed by atoms with Gasteiger partial charge in [0, 0.05) is 25.8 Å². The Morgan fingerprint density at radius 2 is 2.32 bits per heavy atom. The van der Waals surface area contributed by atoms with Crippen LogP contribution >= 0.6 is 0 Å². The van der Waals surface area contributed by atoms with E-state index in [0.29, 0.717) is 12.1 Å². The summed E-state index contributed by atoms with van der Waals surface area (Å²) in [5, 5.41) is 1.09. The second-order valence-corrected chi connectivity index (χ2v) is 5.30. The summed E-state index contributed by atoms with van der Waals surface area (Å²) in [5.74, 6) is 1.01.